The van der Waals surface area contributed by atoms with Crippen LogP contribution in [0.25, 0.3) is 11.0 Å². The van der Waals surface area contributed by atoms with Gasteiger partial charge in [-0.1, -0.05) is 24.3 Å². The van der Waals surface area contributed by atoms with Crippen molar-refractivity contribution < 1.29 is 23.1 Å². The van der Waals surface area contributed by atoms with Crippen molar-refractivity contribution in [2.24, 2.45) is 5.10 Å². The van der Waals surface area contributed by atoms with Crippen LogP contribution in [0.4, 0.5) is 4.39 Å². The first-order valence-electron chi connectivity index (χ1n) is 10.1. The van der Waals surface area contributed by atoms with Crippen molar-refractivity contribution in [3.05, 3.63) is 95.5 Å². The minimum atomic E-state index is -0.472. The molecular formula is C25H21FN2O4. The van der Waals surface area contributed by atoms with Crippen molar-refractivity contribution in [3.8, 4) is 11.5 Å². The fraction of sp³-hybridized carbons (Fsp3) is 0.120. The fourth-order valence-corrected chi connectivity index (χ4v) is 3.07. The third-order valence-corrected chi connectivity index (χ3v) is 4.62. The second-order valence-corrected chi connectivity index (χ2v) is 6.90. The monoisotopic (exact) mass is 432 g/mol. The minimum absolute atomic E-state index is 0.145. The molecule has 0 aliphatic carbocycles. The molecule has 4 rings (SSSR count). The predicted octanol–water partition coefficient (Wildman–Crippen LogP) is 5.31. The van der Waals surface area contributed by atoms with Gasteiger partial charge in [0, 0.05) is 10.9 Å². The normalized spacial score (nSPS) is 11.1. The van der Waals surface area contributed by atoms with Gasteiger partial charge in [0.25, 0.3) is 0 Å². The van der Waals surface area contributed by atoms with Crippen LogP contribution in [0, 0.1) is 5.82 Å². The maximum absolute atomic E-state index is 13.0. The van der Waals surface area contributed by atoms with E-state index in [1.807, 2.05) is 31.2 Å². The molecule has 1 heterocycles. The second-order valence-electron chi connectivity index (χ2n) is 6.90. The fourth-order valence-electron chi connectivity index (χ4n) is 3.07. The van der Waals surface area contributed by atoms with Gasteiger partial charge >= 0.3 is 5.91 Å². The van der Waals surface area contributed by atoms with Crippen molar-refractivity contribution in [2.45, 2.75) is 13.5 Å². The lowest BCUT2D eigenvalue weighted by Crippen LogP contribution is -2.16. The molecule has 0 aliphatic heterocycles. The van der Waals surface area contributed by atoms with Crippen LogP contribution >= 0.6 is 0 Å². The number of hydrazone groups is 1. The van der Waals surface area contributed by atoms with Gasteiger partial charge in [-0.2, -0.15) is 5.10 Å². The van der Waals surface area contributed by atoms with Gasteiger partial charge in [0.05, 0.1) is 12.8 Å². The van der Waals surface area contributed by atoms with Gasteiger partial charge in [-0.25, -0.2) is 9.82 Å². The van der Waals surface area contributed by atoms with E-state index in [9.17, 15) is 9.18 Å². The largest absolute Gasteiger partial charge is 0.494 e. The van der Waals surface area contributed by atoms with Crippen molar-refractivity contribution >= 4 is 23.1 Å². The molecule has 0 fully saturated rings. The molecule has 3 aromatic carbocycles. The quantitative estimate of drug-likeness (QED) is 0.302. The number of hydrogen-bond acceptors (Lipinski definition) is 5. The number of carbonyl (C=O) groups excluding carboxylic acids is 1. The van der Waals surface area contributed by atoms with E-state index in [2.05, 4.69) is 10.5 Å². The Kier molecular flexibility index (Phi) is 6.46. The average Bonchev–Trinajstić information content (AvgIpc) is 3.23. The molecule has 0 atom stereocenters. The molecule has 1 aromatic heterocycles. The van der Waals surface area contributed by atoms with E-state index in [0.717, 1.165) is 10.9 Å². The number of furan rings is 1. The summed E-state index contributed by atoms with van der Waals surface area (Å²) < 4.78 is 29.9. The summed E-state index contributed by atoms with van der Waals surface area (Å²) in [5, 5.41) is 4.79. The minimum Gasteiger partial charge on any atom is -0.494 e. The van der Waals surface area contributed by atoms with Crippen molar-refractivity contribution in [2.75, 3.05) is 6.61 Å². The zero-order chi connectivity index (χ0) is 22.3. The third-order valence-electron chi connectivity index (χ3n) is 4.62. The first kappa shape index (κ1) is 21.1. The Bertz CT molecular complexity index is 1250. The Morgan fingerprint density at radius 2 is 1.88 bits per heavy atom. The summed E-state index contributed by atoms with van der Waals surface area (Å²) in [7, 11) is 0. The molecule has 0 bridgehead atoms. The molecule has 0 saturated carbocycles. The molecule has 1 amide bonds. The first-order chi connectivity index (χ1) is 15.6. The highest BCUT2D eigenvalue weighted by Gasteiger charge is 2.12. The van der Waals surface area contributed by atoms with Crippen molar-refractivity contribution in [1.82, 2.24) is 5.43 Å². The zero-order valence-corrected chi connectivity index (χ0v) is 17.4. The van der Waals surface area contributed by atoms with E-state index in [4.69, 9.17) is 13.9 Å². The molecule has 0 spiro atoms. The number of amides is 1. The van der Waals surface area contributed by atoms with Crippen LogP contribution in [0.2, 0.25) is 0 Å². The zero-order valence-electron chi connectivity index (χ0n) is 17.4. The van der Waals surface area contributed by atoms with Gasteiger partial charge in [0.1, 0.15) is 29.5 Å². The van der Waals surface area contributed by atoms with E-state index < -0.39 is 5.91 Å². The van der Waals surface area contributed by atoms with Gasteiger partial charge in [-0.05, 0) is 61.0 Å². The number of hydrogen-bond donors (Lipinski definition) is 1. The molecule has 0 radical (unpaired) electrons. The standard InChI is InChI=1S/C25H21FN2O4/c1-2-30-21-11-12-23-19(13-21)14-24(32-23)25(29)28-27-15-18-5-3-4-6-22(18)31-16-17-7-9-20(26)10-8-17/h3-15H,2,16H2,1H3,(H,28,29)/b27-15+. The van der Waals surface area contributed by atoms with Gasteiger partial charge in [0.15, 0.2) is 5.76 Å². The molecule has 1 N–H and O–H groups in total. The van der Waals surface area contributed by atoms with Crippen LogP contribution in [0.5, 0.6) is 11.5 Å². The summed E-state index contributed by atoms with van der Waals surface area (Å²) in [5.74, 6) is 0.674. The Balaban J connectivity index is 1.41. The molecular weight excluding hydrogens is 411 g/mol. The molecule has 162 valence electrons. The number of nitrogens with one attached hydrogen (secondary N) is 1. The lowest BCUT2D eigenvalue weighted by atomic mass is 10.2. The Morgan fingerprint density at radius 3 is 2.69 bits per heavy atom. The van der Waals surface area contributed by atoms with Gasteiger partial charge in [-0.3, -0.25) is 4.79 Å². The lowest BCUT2D eigenvalue weighted by molar-refractivity contribution is 0.0929. The number of rotatable bonds is 8. The van der Waals surface area contributed by atoms with Crippen LogP contribution < -0.4 is 14.9 Å². The maximum Gasteiger partial charge on any atom is 0.307 e. The van der Waals surface area contributed by atoms with Crippen molar-refractivity contribution in [3.63, 3.8) is 0 Å². The molecule has 4 aromatic rings. The number of nitrogens with zero attached hydrogens (tertiary/aromatic N) is 1. The number of halogens is 1. The third kappa shape index (κ3) is 5.13. The highest BCUT2D eigenvalue weighted by atomic mass is 19.1. The molecule has 0 saturated heterocycles. The topological polar surface area (TPSA) is 73.1 Å². The summed E-state index contributed by atoms with van der Waals surface area (Å²) in [6.45, 7) is 2.74. The summed E-state index contributed by atoms with van der Waals surface area (Å²) in [5.41, 5.74) is 4.57. The van der Waals surface area contributed by atoms with Crippen LogP contribution in [0.15, 0.2) is 82.3 Å². The first-order valence-corrected chi connectivity index (χ1v) is 10.1. The molecule has 0 aliphatic rings. The van der Waals surface area contributed by atoms with Crippen molar-refractivity contribution in [1.29, 1.82) is 0 Å². The number of benzene rings is 3. The molecule has 32 heavy (non-hydrogen) atoms. The van der Waals surface area contributed by atoms with E-state index in [-0.39, 0.29) is 18.2 Å². The summed E-state index contributed by atoms with van der Waals surface area (Å²) in [6.07, 6.45) is 1.49. The van der Waals surface area contributed by atoms with Crippen LogP contribution in [0.3, 0.4) is 0 Å². The number of para-hydroxylation sites is 1. The van der Waals surface area contributed by atoms with E-state index >= 15 is 0 Å². The summed E-state index contributed by atoms with van der Waals surface area (Å²) >= 11 is 0. The van der Waals surface area contributed by atoms with Crippen LogP contribution in [0.1, 0.15) is 28.6 Å². The maximum atomic E-state index is 13.0. The van der Waals surface area contributed by atoms with Gasteiger partial charge in [-0.15, -0.1) is 0 Å². The lowest BCUT2D eigenvalue weighted by Gasteiger charge is -2.09. The van der Waals surface area contributed by atoms with E-state index in [1.165, 1.54) is 18.3 Å². The molecule has 0 unspecified atom stereocenters. The van der Waals surface area contributed by atoms with E-state index in [0.29, 0.717) is 29.3 Å². The highest BCUT2D eigenvalue weighted by molar-refractivity contribution is 5.97. The Hall–Kier alpha value is -4.13. The second kappa shape index (κ2) is 9.78. The van der Waals surface area contributed by atoms with Gasteiger partial charge in [0.2, 0.25) is 0 Å². The van der Waals surface area contributed by atoms with Gasteiger partial charge < -0.3 is 13.9 Å². The number of ether oxygens (including phenoxy) is 2. The smallest absolute Gasteiger partial charge is 0.307 e. The van der Waals surface area contributed by atoms with E-state index in [1.54, 1.807) is 36.4 Å². The Labute approximate surface area is 184 Å². The predicted molar refractivity (Wildman–Crippen MR) is 120 cm³/mol. The number of carbonyl (C=O) groups is 1. The highest BCUT2D eigenvalue weighted by Crippen LogP contribution is 2.24. The summed E-state index contributed by atoms with van der Waals surface area (Å²) in [6, 6.07) is 20.4. The molecule has 7 heteroatoms. The summed E-state index contributed by atoms with van der Waals surface area (Å²) in [4.78, 5) is 12.4. The SMILES string of the molecule is CCOc1ccc2oc(C(=O)N/N=C/c3ccccc3OCc3ccc(F)cc3)cc2c1. The Morgan fingerprint density at radius 1 is 1.06 bits per heavy atom. The van der Waals surface area contributed by atoms with Crippen LogP contribution in [-0.4, -0.2) is 18.7 Å². The molecule has 6 nitrogen and oxygen atoms in total. The number of fused-ring (bicyclic) bond motifs is 1. The van der Waals surface area contributed by atoms with Crippen LogP contribution in [-0.2, 0) is 6.61 Å². The average molecular weight is 432 g/mol.